The first kappa shape index (κ1) is 20.2. The maximum atomic E-state index is 11.7. The molecule has 2 rings (SSSR count). The van der Waals surface area contributed by atoms with Crippen LogP contribution in [0.4, 0.5) is 0 Å². The average molecular weight is 358 g/mol. The van der Waals surface area contributed by atoms with Gasteiger partial charge in [0.15, 0.2) is 5.60 Å². The maximum Gasteiger partial charge on any atom is 0.244 e. The molecule has 5 nitrogen and oxygen atoms in total. The molecule has 1 aliphatic carbocycles. The number of carbonyl (C=O) groups is 1. The van der Waals surface area contributed by atoms with Gasteiger partial charge in [-0.15, -0.1) is 0 Å². The van der Waals surface area contributed by atoms with E-state index in [1.54, 1.807) is 26.4 Å². The molecule has 1 unspecified atom stereocenters. The van der Waals surface area contributed by atoms with Crippen molar-refractivity contribution in [3.8, 4) is 0 Å². The number of primary amides is 1. The third-order valence-corrected chi connectivity index (χ3v) is 5.35. The van der Waals surface area contributed by atoms with Gasteiger partial charge in [-0.3, -0.25) is 4.79 Å². The Morgan fingerprint density at radius 1 is 1.27 bits per heavy atom. The Bertz CT molecular complexity index is 750. The van der Waals surface area contributed by atoms with Crippen molar-refractivity contribution in [2.75, 3.05) is 20.8 Å². The second kappa shape index (κ2) is 7.64. The largest absolute Gasteiger partial charge is 0.498 e. The van der Waals surface area contributed by atoms with Gasteiger partial charge in [-0.2, -0.15) is 0 Å². The van der Waals surface area contributed by atoms with Crippen molar-refractivity contribution in [1.29, 1.82) is 0 Å². The van der Waals surface area contributed by atoms with Crippen LogP contribution in [0.5, 0.6) is 0 Å². The molecule has 1 aromatic rings. The Labute approximate surface area is 156 Å². The SMILES string of the molecule is CCc1cc(C2(OC)CC(C(N)=O)=CC=C2OC)ccc1C(C)(C)CN. The molecule has 4 N–H and O–H groups in total. The lowest BCUT2D eigenvalue weighted by Crippen LogP contribution is -2.37. The Morgan fingerprint density at radius 3 is 2.46 bits per heavy atom. The lowest BCUT2D eigenvalue weighted by molar-refractivity contribution is -0.115. The average Bonchev–Trinajstić information content (AvgIpc) is 2.66. The molecule has 26 heavy (non-hydrogen) atoms. The molecular weight excluding hydrogens is 328 g/mol. The molecule has 0 heterocycles. The molecule has 1 aromatic carbocycles. The van der Waals surface area contributed by atoms with E-state index in [1.165, 1.54) is 11.1 Å². The second-order valence-electron chi connectivity index (χ2n) is 7.31. The molecule has 1 aliphatic rings. The summed E-state index contributed by atoms with van der Waals surface area (Å²) in [7, 11) is 3.23. The quantitative estimate of drug-likeness (QED) is 0.784. The molecule has 0 saturated heterocycles. The second-order valence-corrected chi connectivity index (χ2v) is 7.31. The standard InChI is InChI=1S/C21H30N2O3/c1-6-14-11-16(8-9-17(14)20(2,3)13-22)21(26-5)12-15(19(23)24)7-10-18(21)25-4/h7-11H,6,12-13,22H2,1-5H3,(H2,23,24). The minimum absolute atomic E-state index is 0.116. The minimum atomic E-state index is -0.872. The molecular formula is C21H30N2O3. The van der Waals surface area contributed by atoms with E-state index in [-0.39, 0.29) is 5.41 Å². The van der Waals surface area contributed by atoms with E-state index >= 15 is 0 Å². The van der Waals surface area contributed by atoms with Gasteiger partial charge in [0.25, 0.3) is 0 Å². The fraction of sp³-hybridized carbons (Fsp3) is 0.476. The van der Waals surface area contributed by atoms with Gasteiger partial charge in [-0.1, -0.05) is 39.0 Å². The first-order valence-corrected chi connectivity index (χ1v) is 8.90. The van der Waals surface area contributed by atoms with Gasteiger partial charge in [-0.25, -0.2) is 0 Å². The third-order valence-electron chi connectivity index (χ3n) is 5.35. The smallest absolute Gasteiger partial charge is 0.244 e. The van der Waals surface area contributed by atoms with Crippen LogP contribution in [-0.2, 0) is 31.7 Å². The molecule has 0 aromatic heterocycles. The fourth-order valence-electron chi connectivity index (χ4n) is 3.57. The van der Waals surface area contributed by atoms with Crippen LogP contribution in [0.15, 0.2) is 41.7 Å². The van der Waals surface area contributed by atoms with Gasteiger partial charge in [0.2, 0.25) is 5.91 Å². The van der Waals surface area contributed by atoms with Crippen LogP contribution in [0.3, 0.4) is 0 Å². The summed E-state index contributed by atoms with van der Waals surface area (Å²) in [6.45, 7) is 6.97. The van der Waals surface area contributed by atoms with Crippen LogP contribution in [0, 0.1) is 0 Å². The molecule has 0 fully saturated rings. The zero-order chi connectivity index (χ0) is 19.5. The summed E-state index contributed by atoms with van der Waals surface area (Å²) in [6, 6.07) is 6.27. The number of hydrogen-bond donors (Lipinski definition) is 2. The number of methoxy groups -OCH3 is 2. The van der Waals surface area contributed by atoms with Crippen molar-refractivity contribution in [2.24, 2.45) is 11.5 Å². The summed E-state index contributed by atoms with van der Waals surface area (Å²) >= 11 is 0. The van der Waals surface area contributed by atoms with E-state index in [2.05, 4.69) is 32.9 Å². The molecule has 1 atom stereocenters. The van der Waals surface area contributed by atoms with Crippen LogP contribution in [-0.4, -0.2) is 26.7 Å². The van der Waals surface area contributed by atoms with Gasteiger partial charge in [0.1, 0.15) is 5.76 Å². The Kier molecular flexibility index (Phi) is 5.94. The molecule has 0 saturated carbocycles. The molecule has 0 aliphatic heterocycles. The maximum absolute atomic E-state index is 11.7. The van der Waals surface area contributed by atoms with Crippen molar-refractivity contribution < 1.29 is 14.3 Å². The predicted octanol–water partition coefficient (Wildman–Crippen LogP) is 2.67. The molecule has 142 valence electrons. The summed E-state index contributed by atoms with van der Waals surface area (Å²) in [4.78, 5) is 11.7. The van der Waals surface area contributed by atoms with E-state index in [0.717, 1.165) is 12.0 Å². The molecule has 0 radical (unpaired) electrons. The Balaban J connectivity index is 2.62. The predicted molar refractivity (Wildman–Crippen MR) is 104 cm³/mol. The van der Waals surface area contributed by atoms with Crippen molar-refractivity contribution >= 4 is 5.91 Å². The highest BCUT2D eigenvalue weighted by Crippen LogP contribution is 2.43. The summed E-state index contributed by atoms with van der Waals surface area (Å²) in [5.74, 6) is 0.201. The van der Waals surface area contributed by atoms with Crippen molar-refractivity contribution in [3.05, 3.63) is 58.4 Å². The highest BCUT2D eigenvalue weighted by Gasteiger charge is 2.42. The van der Waals surface area contributed by atoms with Crippen LogP contribution in [0.25, 0.3) is 0 Å². The summed E-state index contributed by atoms with van der Waals surface area (Å²) in [5, 5.41) is 0. The zero-order valence-corrected chi connectivity index (χ0v) is 16.4. The van der Waals surface area contributed by atoms with Gasteiger partial charge in [-0.05, 0) is 35.3 Å². The number of allylic oxidation sites excluding steroid dienone is 2. The number of hydrogen-bond acceptors (Lipinski definition) is 4. The number of ether oxygens (including phenoxy) is 2. The monoisotopic (exact) mass is 358 g/mol. The van der Waals surface area contributed by atoms with E-state index in [9.17, 15) is 4.79 Å². The van der Waals surface area contributed by atoms with Gasteiger partial charge in [0.05, 0.1) is 7.11 Å². The molecule has 1 amide bonds. The fourth-order valence-corrected chi connectivity index (χ4v) is 3.57. The number of rotatable bonds is 7. The lowest BCUT2D eigenvalue weighted by Gasteiger charge is -2.37. The lowest BCUT2D eigenvalue weighted by atomic mass is 9.76. The van der Waals surface area contributed by atoms with E-state index in [4.69, 9.17) is 20.9 Å². The molecule has 5 heteroatoms. The summed E-state index contributed by atoms with van der Waals surface area (Å²) in [6.07, 6.45) is 4.67. The zero-order valence-electron chi connectivity index (χ0n) is 16.4. The number of carbonyl (C=O) groups excluding carboxylic acids is 1. The summed E-state index contributed by atoms with van der Waals surface area (Å²) < 4.78 is 11.5. The van der Waals surface area contributed by atoms with Gasteiger partial charge >= 0.3 is 0 Å². The number of benzene rings is 1. The van der Waals surface area contributed by atoms with E-state index in [1.807, 2.05) is 6.07 Å². The van der Waals surface area contributed by atoms with Crippen LogP contribution in [0.1, 0.15) is 43.9 Å². The van der Waals surface area contributed by atoms with Gasteiger partial charge < -0.3 is 20.9 Å². The van der Waals surface area contributed by atoms with E-state index in [0.29, 0.717) is 24.3 Å². The molecule has 0 spiro atoms. The van der Waals surface area contributed by atoms with E-state index < -0.39 is 11.5 Å². The van der Waals surface area contributed by atoms with Gasteiger partial charge in [0, 0.05) is 31.1 Å². The number of nitrogens with two attached hydrogens (primary N) is 2. The summed E-state index contributed by atoms with van der Waals surface area (Å²) in [5.41, 5.74) is 14.4. The highest BCUT2D eigenvalue weighted by atomic mass is 16.5. The first-order valence-electron chi connectivity index (χ1n) is 8.90. The Hall–Kier alpha value is -2.11. The van der Waals surface area contributed by atoms with Crippen molar-refractivity contribution in [3.63, 3.8) is 0 Å². The van der Waals surface area contributed by atoms with Crippen LogP contribution >= 0.6 is 0 Å². The topological polar surface area (TPSA) is 87.6 Å². The van der Waals surface area contributed by atoms with Crippen molar-refractivity contribution in [2.45, 2.75) is 44.6 Å². The minimum Gasteiger partial charge on any atom is -0.498 e. The molecule has 0 bridgehead atoms. The first-order chi connectivity index (χ1) is 12.3. The Morgan fingerprint density at radius 2 is 1.96 bits per heavy atom. The number of aryl methyl sites for hydroxylation is 1. The van der Waals surface area contributed by atoms with Crippen molar-refractivity contribution in [1.82, 2.24) is 0 Å². The highest BCUT2D eigenvalue weighted by molar-refractivity contribution is 5.93. The normalized spacial score (nSPS) is 20.4. The van der Waals surface area contributed by atoms with Crippen LogP contribution < -0.4 is 11.5 Å². The third kappa shape index (κ3) is 3.41. The van der Waals surface area contributed by atoms with Crippen LogP contribution in [0.2, 0.25) is 0 Å². The number of amides is 1.